The molecule has 1 unspecified atom stereocenters. The summed E-state index contributed by atoms with van der Waals surface area (Å²) in [6, 6.07) is 5.27. The Morgan fingerprint density at radius 3 is 2.86 bits per heavy atom. The van der Waals surface area contributed by atoms with Gasteiger partial charge < -0.3 is 10.1 Å². The average molecular weight is 287 g/mol. The quantitative estimate of drug-likeness (QED) is 0.474. The van der Waals surface area contributed by atoms with E-state index in [2.05, 4.69) is 16.6 Å². The summed E-state index contributed by atoms with van der Waals surface area (Å²) in [4.78, 5) is 24.1. The van der Waals surface area contributed by atoms with Gasteiger partial charge in [0.15, 0.2) is 5.78 Å². The molecule has 4 nitrogen and oxygen atoms in total. The number of hydrogen-bond donors (Lipinski definition) is 1. The Bertz CT molecular complexity index is 551. The number of rotatable bonds is 7. The molecule has 0 aliphatic heterocycles. The first-order chi connectivity index (χ1) is 10.2. The van der Waals surface area contributed by atoms with Crippen molar-refractivity contribution in [3.8, 4) is 0 Å². The first-order valence-electron chi connectivity index (χ1n) is 7.22. The minimum Gasteiger partial charge on any atom is -0.469 e. The second kappa shape index (κ2) is 7.18. The fourth-order valence-electron chi connectivity index (χ4n) is 2.66. The summed E-state index contributed by atoms with van der Waals surface area (Å²) in [5, 5.41) is 3.03. The molecule has 1 atom stereocenters. The van der Waals surface area contributed by atoms with Crippen LogP contribution in [0.3, 0.4) is 0 Å². The first-order valence-corrected chi connectivity index (χ1v) is 7.22. The third kappa shape index (κ3) is 3.79. The number of ether oxygens (including phenoxy) is 1. The minimum atomic E-state index is -0.574. The number of fused-ring (bicyclic) bond motifs is 1. The summed E-state index contributed by atoms with van der Waals surface area (Å²) in [5.41, 5.74) is 3.23. The van der Waals surface area contributed by atoms with Crippen LogP contribution in [0.4, 0.5) is 0 Å². The van der Waals surface area contributed by atoms with E-state index in [1.54, 1.807) is 6.08 Å². The molecular weight excluding hydrogens is 266 g/mol. The molecule has 0 bridgehead atoms. The summed E-state index contributed by atoms with van der Waals surface area (Å²) < 4.78 is 4.66. The lowest BCUT2D eigenvalue weighted by atomic mass is 9.98. The van der Waals surface area contributed by atoms with Gasteiger partial charge in [-0.15, -0.1) is 6.58 Å². The SMILES string of the molecule is C=CCNC(CC(=O)OC)C(=O)c1ccc2c(c1)CCC2. The Kier molecular flexibility index (Phi) is 5.28. The third-order valence-corrected chi connectivity index (χ3v) is 3.81. The van der Waals surface area contributed by atoms with Crippen molar-refractivity contribution in [2.75, 3.05) is 13.7 Å². The molecular formula is C17H21NO3. The molecule has 0 amide bonds. The molecule has 0 saturated carbocycles. The van der Waals surface area contributed by atoms with Crippen LogP contribution in [0.25, 0.3) is 0 Å². The molecule has 112 valence electrons. The molecule has 0 heterocycles. The molecule has 0 spiro atoms. The van der Waals surface area contributed by atoms with Crippen LogP contribution in [-0.2, 0) is 22.4 Å². The number of ketones is 1. The molecule has 1 aliphatic carbocycles. The summed E-state index contributed by atoms with van der Waals surface area (Å²) >= 11 is 0. The second-order valence-electron chi connectivity index (χ2n) is 5.23. The monoisotopic (exact) mass is 287 g/mol. The lowest BCUT2D eigenvalue weighted by Gasteiger charge is -2.16. The van der Waals surface area contributed by atoms with Crippen LogP contribution < -0.4 is 5.32 Å². The van der Waals surface area contributed by atoms with Crippen molar-refractivity contribution in [1.29, 1.82) is 0 Å². The lowest BCUT2D eigenvalue weighted by Crippen LogP contribution is -2.39. The van der Waals surface area contributed by atoms with E-state index in [1.807, 2.05) is 18.2 Å². The zero-order valence-electron chi connectivity index (χ0n) is 12.4. The van der Waals surface area contributed by atoms with Crippen molar-refractivity contribution in [3.63, 3.8) is 0 Å². The number of esters is 1. The van der Waals surface area contributed by atoms with Crippen LogP contribution in [0, 0.1) is 0 Å². The number of hydrogen-bond acceptors (Lipinski definition) is 4. The molecule has 21 heavy (non-hydrogen) atoms. The molecule has 4 heteroatoms. The average Bonchev–Trinajstić information content (AvgIpc) is 2.97. The van der Waals surface area contributed by atoms with Gasteiger partial charge in [0.1, 0.15) is 0 Å². The van der Waals surface area contributed by atoms with Crippen LogP contribution >= 0.6 is 0 Å². The predicted molar refractivity (Wildman–Crippen MR) is 81.4 cm³/mol. The number of carbonyl (C=O) groups excluding carboxylic acids is 2. The van der Waals surface area contributed by atoms with Crippen LogP contribution in [-0.4, -0.2) is 31.4 Å². The van der Waals surface area contributed by atoms with E-state index >= 15 is 0 Å². The Balaban J connectivity index is 2.16. The third-order valence-electron chi connectivity index (χ3n) is 3.81. The molecule has 1 aromatic rings. The molecule has 2 rings (SSSR count). The van der Waals surface area contributed by atoms with Gasteiger partial charge in [0, 0.05) is 12.1 Å². The van der Waals surface area contributed by atoms with E-state index < -0.39 is 12.0 Å². The van der Waals surface area contributed by atoms with Crippen molar-refractivity contribution in [2.24, 2.45) is 0 Å². The fourth-order valence-corrected chi connectivity index (χ4v) is 2.66. The van der Waals surface area contributed by atoms with Gasteiger partial charge in [0.25, 0.3) is 0 Å². The van der Waals surface area contributed by atoms with Crippen molar-refractivity contribution >= 4 is 11.8 Å². The summed E-state index contributed by atoms with van der Waals surface area (Å²) in [6.45, 7) is 4.09. The van der Waals surface area contributed by atoms with Crippen molar-refractivity contribution < 1.29 is 14.3 Å². The number of benzene rings is 1. The van der Waals surface area contributed by atoms with E-state index in [-0.39, 0.29) is 12.2 Å². The zero-order chi connectivity index (χ0) is 15.2. The Morgan fingerprint density at radius 1 is 1.38 bits per heavy atom. The Labute approximate surface area is 125 Å². The Hall–Kier alpha value is -1.94. The second-order valence-corrected chi connectivity index (χ2v) is 5.23. The normalized spacial score (nSPS) is 14.3. The molecule has 1 aliphatic rings. The lowest BCUT2D eigenvalue weighted by molar-refractivity contribution is -0.140. The smallest absolute Gasteiger partial charge is 0.307 e. The highest BCUT2D eigenvalue weighted by atomic mass is 16.5. The zero-order valence-corrected chi connectivity index (χ0v) is 12.4. The van der Waals surface area contributed by atoms with E-state index in [1.165, 1.54) is 18.2 Å². The van der Waals surface area contributed by atoms with Crippen LogP contribution in [0.5, 0.6) is 0 Å². The van der Waals surface area contributed by atoms with Gasteiger partial charge in [0.05, 0.1) is 19.6 Å². The molecule has 0 fully saturated rings. The molecule has 1 aromatic carbocycles. The summed E-state index contributed by atoms with van der Waals surface area (Å²) in [5.74, 6) is -0.469. The van der Waals surface area contributed by atoms with Gasteiger partial charge in [-0.05, 0) is 36.5 Å². The highest BCUT2D eigenvalue weighted by molar-refractivity contribution is 6.02. The van der Waals surface area contributed by atoms with Gasteiger partial charge in [-0.3, -0.25) is 9.59 Å². The van der Waals surface area contributed by atoms with Gasteiger partial charge >= 0.3 is 5.97 Å². The number of aryl methyl sites for hydroxylation is 2. The number of carbonyl (C=O) groups is 2. The van der Waals surface area contributed by atoms with E-state index in [0.29, 0.717) is 12.1 Å². The first kappa shape index (κ1) is 15.4. The maximum Gasteiger partial charge on any atom is 0.307 e. The van der Waals surface area contributed by atoms with Crippen molar-refractivity contribution in [2.45, 2.75) is 31.7 Å². The van der Waals surface area contributed by atoms with Crippen LogP contribution in [0.1, 0.15) is 34.3 Å². The molecule has 0 radical (unpaired) electrons. The summed E-state index contributed by atoms with van der Waals surface area (Å²) in [7, 11) is 1.33. The number of methoxy groups -OCH3 is 1. The van der Waals surface area contributed by atoms with Gasteiger partial charge in [-0.2, -0.15) is 0 Å². The van der Waals surface area contributed by atoms with E-state index in [0.717, 1.165) is 19.3 Å². The maximum atomic E-state index is 12.6. The van der Waals surface area contributed by atoms with Crippen molar-refractivity contribution in [3.05, 3.63) is 47.5 Å². The molecule has 1 N–H and O–H groups in total. The number of nitrogens with one attached hydrogen (secondary N) is 1. The number of Topliss-reactive ketones (excluding diaryl/α,β-unsaturated/α-hetero) is 1. The molecule has 0 aromatic heterocycles. The highest BCUT2D eigenvalue weighted by Crippen LogP contribution is 2.23. The summed E-state index contributed by atoms with van der Waals surface area (Å²) in [6.07, 6.45) is 4.95. The fraction of sp³-hybridized carbons (Fsp3) is 0.412. The van der Waals surface area contributed by atoms with Gasteiger partial charge in [-0.1, -0.05) is 18.2 Å². The predicted octanol–water partition coefficient (Wildman–Crippen LogP) is 2.07. The van der Waals surface area contributed by atoms with Crippen LogP contribution in [0.2, 0.25) is 0 Å². The standard InChI is InChI=1S/C17H21NO3/c1-3-9-18-15(11-16(19)21-2)17(20)14-8-7-12-5-4-6-13(12)10-14/h3,7-8,10,15,18H,1,4-6,9,11H2,2H3. The van der Waals surface area contributed by atoms with Crippen molar-refractivity contribution in [1.82, 2.24) is 5.32 Å². The Morgan fingerprint density at radius 2 is 2.14 bits per heavy atom. The van der Waals surface area contributed by atoms with E-state index in [4.69, 9.17) is 0 Å². The largest absolute Gasteiger partial charge is 0.469 e. The maximum absolute atomic E-state index is 12.6. The highest BCUT2D eigenvalue weighted by Gasteiger charge is 2.24. The topological polar surface area (TPSA) is 55.4 Å². The van der Waals surface area contributed by atoms with E-state index in [9.17, 15) is 9.59 Å². The van der Waals surface area contributed by atoms with Crippen LogP contribution in [0.15, 0.2) is 30.9 Å². The minimum absolute atomic E-state index is 0.0280. The van der Waals surface area contributed by atoms with Gasteiger partial charge in [-0.25, -0.2) is 0 Å². The van der Waals surface area contributed by atoms with Gasteiger partial charge in [0.2, 0.25) is 0 Å². The molecule has 0 saturated heterocycles.